The average Bonchev–Trinajstić information content (AvgIpc) is 3.54. The molecule has 47 heavy (non-hydrogen) atoms. The minimum absolute atomic E-state index is 0.481. The van der Waals surface area contributed by atoms with E-state index in [1.165, 1.54) is 16.5 Å². The number of aliphatic imine (C=N–C) groups is 2. The van der Waals surface area contributed by atoms with Crippen molar-refractivity contribution < 1.29 is 4.42 Å². The fourth-order valence-electron chi connectivity index (χ4n) is 6.65. The quantitative estimate of drug-likeness (QED) is 0.213. The van der Waals surface area contributed by atoms with Crippen LogP contribution in [-0.2, 0) is 0 Å². The molecule has 1 aromatic heterocycles. The van der Waals surface area contributed by atoms with E-state index in [-0.39, 0.29) is 0 Å². The Kier molecular flexibility index (Phi) is 6.50. The first-order chi connectivity index (χ1) is 23.3. The molecule has 2 heterocycles. The number of rotatable bonds is 5. The second kappa shape index (κ2) is 11.3. The van der Waals surface area contributed by atoms with Crippen LogP contribution in [0.2, 0.25) is 0 Å². The number of nitrogens with one attached hydrogen (secondary N) is 1. The molecule has 0 spiro atoms. The molecule has 0 bridgehead atoms. The molecular formula is C43H29N3O. The van der Waals surface area contributed by atoms with E-state index in [1.807, 2.05) is 42.5 Å². The van der Waals surface area contributed by atoms with Gasteiger partial charge in [-0.2, -0.15) is 0 Å². The molecule has 0 saturated carbocycles. The van der Waals surface area contributed by atoms with Gasteiger partial charge >= 0.3 is 0 Å². The third kappa shape index (κ3) is 4.88. The first kappa shape index (κ1) is 27.1. The summed E-state index contributed by atoms with van der Waals surface area (Å²) in [5.41, 5.74) is 9.38. The summed E-state index contributed by atoms with van der Waals surface area (Å²) in [6.45, 7) is 0. The Bertz CT molecular complexity index is 2490. The van der Waals surface area contributed by atoms with Crippen molar-refractivity contribution in [3.8, 4) is 22.3 Å². The van der Waals surface area contributed by atoms with E-state index in [1.54, 1.807) is 0 Å². The molecule has 0 amide bonds. The van der Waals surface area contributed by atoms with Gasteiger partial charge in [0.2, 0.25) is 0 Å². The molecule has 8 aromatic rings. The summed E-state index contributed by atoms with van der Waals surface area (Å²) in [5.74, 6) is 1.56. The highest BCUT2D eigenvalue weighted by atomic mass is 16.3. The van der Waals surface area contributed by atoms with E-state index in [0.29, 0.717) is 0 Å². The fraction of sp³-hybridized carbons (Fsp3) is 0.0233. The molecule has 4 nitrogen and oxygen atoms in total. The lowest BCUT2D eigenvalue weighted by atomic mass is 9.97. The largest absolute Gasteiger partial charge is 0.456 e. The van der Waals surface area contributed by atoms with Crippen molar-refractivity contribution in [2.75, 3.05) is 0 Å². The SMILES string of the molecule is c1ccc(-c2ccc3cc(C4=NC(c5cccc6oc7ccccc7c56)N=C(c5ccccc5-c5ccccc5)N4)ccc3c2)cc1. The normalized spacial score (nSPS) is 14.6. The summed E-state index contributed by atoms with van der Waals surface area (Å²) in [4.78, 5) is 10.6. The zero-order valence-electron chi connectivity index (χ0n) is 25.5. The van der Waals surface area contributed by atoms with E-state index >= 15 is 0 Å². The van der Waals surface area contributed by atoms with E-state index in [9.17, 15) is 0 Å². The van der Waals surface area contributed by atoms with Crippen LogP contribution in [0, 0.1) is 0 Å². The molecule has 9 rings (SSSR count). The van der Waals surface area contributed by atoms with E-state index < -0.39 is 6.17 Å². The minimum atomic E-state index is -0.481. The molecule has 0 fully saturated rings. The first-order valence-electron chi connectivity index (χ1n) is 15.9. The second-order valence-electron chi connectivity index (χ2n) is 11.8. The molecule has 1 unspecified atom stereocenters. The number of hydrogen-bond acceptors (Lipinski definition) is 4. The van der Waals surface area contributed by atoms with Gasteiger partial charge < -0.3 is 9.73 Å². The molecule has 222 valence electrons. The number of para-hydroxylation sites is 1. The van der Waals surface area contributed by atoms with Crippen LogP contribution in [-0.4, -0.2) is 11.7 Å². The van der Waals surface area contributed by atoms with Crippen molar-refractivity contribution in [2.24, 2.45) is 9.98 Å². The predicted molar refractivity (Wildman–Crippen MR) is 194 cm³/mol. The van der Waals surface area contributed by atoms with Gasteiger partial charge in [-0.05, 0) is 57.3 Å². The van der Waals surface area contributed by atoms with Gasteiger partial charge in [0.05, 0.1) is 0 Å². The summed E-state index contributed by atoms with van der Waals surface area (Å²) < 4.78 is 6.26. The van der Waals surface area contributed by atoms with Crippen LogP contribution in [0.3, 0.4) is 0 Å². The number of hydrogen-bond donors (Lipinski definition) is 1. The number of benzene rings is 7. The molecule has 4 heteroatoms. The van der Waals surface area contributed by atoms with Crippen LogP contribution in [0.25, 0.3) is 55.0 Å². The van der Waals surface area contributed by atoms with Crippen molar-refractivity contribution in [3.05, 3.63) is 180 Å². The summed E-state index contributed by atoms with van der Waals surface area (Å²) in [6.07, 6.45) is -0.481. The summed E-state index contributed by atoms with van der Waals surface area (Å²) >= 11 is 0. The van der Waals surface area contributed by atoms with Crippen LogP contribution >= 0.6 is 0 Å². The van der Waals surface area contributed by atoms with Gasteiger partial charge in [0.15, 0.2) is 6.17 Å². The average molecular weight is 604 g/mol. The minimum Gasteiger partial charge on any atom is -0.456 e. The monoisotopic (exact) mass is 603 g/mol. The van der Waals surface area contributed by atoms with Gasteiger partial charge in [-0.1, -0.05) is 140 Å². The Morgan fingerprint density at radius 3 is 1.87 bits per heavy atom. The smallest absolute Gasteiger partial charge is 0.170 e. The van der Waals surface area contributed by atoms with E-state index in [4.69, 9.17) is 14.4 Å². The zero-order valence-corrected chi connectivity index (χ0v) is 25.5. The standard InChI is InChI=1S/C43H29N3O/c1-3-12-28(13-4-1)30-22-23-32-27-33(25-24-31(32)26-30)41-44-42(35-17-8-7-16-34(35)29-14-5-2-6-15-29)46-43(45-41)37-19-11-21-39-40(37)36-18-9-10-20-38(36)47-39/h1-27,43H,(H,44,45,46). The van der Waals surface area contributed by atoms with Crippen LogP contribution < -0.4 is 5.32 Å². The predicted octanol–water partition coefficient (Wildman–Crippen LogP) is 10.6. The summed E-state index contributed by atoms with van der Waals surface area (Å²) in [6, 6.07) is 56.9. The highest BCUT2D eigenvalue weighted by molar-refractivity contribution is 6.19. The van der Waals surface area contributed by atoms with E-state index in [0.717, 1.165) is 66.8 Å². The van der Waals surface area contributed by atoms with Gasteiger partial charge in [-0.15, -0.1) is 0 Å². The van der Waals surface area contributed by atoms with Crippen LogP contribution in [0.15, 0.2) is 178 Å². The van der Waals surface area contributed by atoms with Gasteiger partial charge in [0.1, 0.15) is 22.8 Å². The maximum Gasteiger partial charge on any atom is 0.170 e. The summed E-state index contributed by atoms with van der Waals surface area (Å²) in [5, 5.41) is 8.10. The highest BCUT2D eigenvalue weighted by Crippen LogP contribution is 2.37. The van der Waals surface area contributed by atoms with Crippen LogP contribution in [0.1, 0.15) is 22.9 Å². The molecule has 0 radical (unpaired) electrons. The molecule has 0 saturated heterocycles. The molecule has 1 atom stereocenters. The molecule has 7 aromatic carbocycles. The Labute approximate surface area is 272 Å². The third-order valence-electron chi connectivity index (χ3n) is 8.94. The fourth-order valence-corrected chi connectivity index (χ4v) is 6.65. The Hall–Kier alpha value is -6.26. The zero-order chi connectivity index (χ0) is 31.2. The molecule has 1 aliphatic heterocycles. The lowest BCUT2D eigenvalue weighted by molar-refractivity contribution is 0.667. The second-order valence-corrected chi connectivity index (χ2v) is 11.8. The van der Waals surface area contributed by atoms with Crippen molar-refractivity contribution >= 4 is 44.4 Å². The van der Waals surface area contributed by atoms with Crippen LogP contribution in [0.5, 0.6) is 0 Å². The maximum atomic E-state index is 6.26. The maximum absolute atomic E-state index is 6.26. The first-order valence-corrected chi connectivity index (χ1v) is 15.9. The molecular weight excluding hydrogens is 574 g/mol. The van der Waals surface area contributed by atoms with Crippen LogP contribution in [0.4, 0.5) is 0 Å². The Morgan fingerprint density at radius 2 is 1.06 bits per heavy atom. The van der Waals surface area contributed by atoms with Crippen molar-refractivity contribution in [1.29, 1.82) is 0 Å². The number of nitrogens with zero attached hydrogens (tertiary/aromatic N) is 2. The lowest BCUT2D eigenvalue weighted by Crippen LogP contribution is -2.36. The number of furan rings is 1. The molecule has 1 N–H and O–H groups in total. The van der Waals surface area contributed by atoms with Gasteiger partial charge in [-0.25, -0.2) is 9.98 Å². The number of amidine groups is 2. The third-order valence-corrected chi connectivity index (χ3v) is 8.94. The topological polar surface area (TPSA) is 49.9 Å². The van der Waals surface area contributed by atoms with Crippen molar-refractivity contribution in [1.82, 2.24) is 5.32 Å². The lowest BCUT2D eigenvalue weighted by Gasteiger charge is -2.24. The summed E-state index contributed by atoms with van der Waals surface area (Å²) in [7, 11) is 0. The van der Waals surface area contributed by atoms with E-state index in [2.05, 4.69) is 127 Å². The molecule has 0 aliphatic carbocycles. The van der Waals surface area contributed by atoms with Gasteiger partial charge in [-0.3, -0.25) is 0 Å². The van der Waals surface area contributed by atoms with Crippen molar-refractivity contribution in [2.45, 2.75) is 6.17 Å². The van der Waals surface area contributed by atoms with Crippen molar-refractivity contribution in [3.63, 3.8) is 0 Å². The number of fused-ring (bicyclic) bond motifs is 4. The Balaban J connectivity index is 1.20. The van der Waals surface area contributed by atoms with Gasteiger partial charge in [0, 0.05) is 27.5 Å². The van der Waals surface area contributed by atoms with Gasteiger partial charge in [0.25, 0.3) is 0 Å². The Morgan fingerprint density at radius 1 is 0.447 bits per heavy atom. The highest BCUT2D eigenvalue weighted by Gasteiger charge is 2.25. The molecule has 1 aliphatic rings.